The fourth-order valence-electron chi connectivity index (χ4n) is 2.49. The molecular weight excluding hydrogens is 224 g/mol. The lowest BCUT2D eigenvalue weighted by Crippen LogP contribution is -2.52. The van der Waals surface area contributed by atoms with Crippen LogP contribution in [-0.2, 0) is 4.74 Å². The highest BCUT2D eigenvalue weighted by molar-refractivity contribution is 4.83. The second-order valence-electron chi connectivity index (χ2n) is 5.08. The van der Waals surface area contributed by atoms with Crippen molar-refractivity contribution in [1.82, 2.24) is 10.2 Å². The number of hydrogen-bond acceptors (Lipinski definition) is 3. The van der Waals surface area contributed by atoms with E-state index in [1.807, 2.05) is 6.08 Å². The van der Waals surface area contributed by atoms with E-state index in [9.17, 15) is 0 Å². The summed E-state index contributed by atoms with van der Waals surface area (Å²) in [7, 11) is 0. The predicted octanol–water partition coefficient (Wildman–Crippen LogP) is 2.43. The molecule has 18 heavy (non-hydrogen) atoms. The van der Waals surface area contributed by atoms with E-state index >= 15 is 0 Å². The summed E-state index contributed by atoms with van der Waals surface area (Å²) >= 11 is 0. The van der Waals surface area contributed by atoms with Crippen LogP contribution in [-0.4, -0.2) is 49.8 Å². The van der Waals surface area contributed by atoms with Crippen molar-refractivity contribution in [3.63, 3.8) is 0 Å². The molecule has 106 valence electrons. The van der Waals surface area contributed by atoms with Crippen LogP contribution >= 0.6 is 0 Å². The van der Waals surface area contributed by atoms with Crippen LogP contribution in [0.3, 0.4) is 0 Å². The summed E-state index contributed by atoms with van der Waals surface area (Å²) in [6.07, 6.45) is 7.05. The van der Waals surface area contributed by atoms with Gasteiger partial charge < -0.3 is 10.1 Å². The van der Waals surface area contributed by atoms with E-state index in [0.717, 1.165) is 39.2 Å². The first-order chi connectivity index (χ1) is 8.81. The summed E-state index contributed by atoms with van der Waals surface area (Å²) < 4.78 is 5.97. The van der Waals surface area contributed by atoms with Crippen LogP contribution in [0.5, 0.6) is 0 Å². The van der Waals surface area contributed by atoms with Crippen LogP contribution in [0, 0.1) is 0 Å². The van der Waals surface area contributed by atoms with Crippen LogP contribution in [0.25, 0.3) is 0 Å². The van der Waals surface area contributed by atoms with Crippen molar-refractivity contribution >= 4 is 0 Å². The van der Waals surface area contributed by atoms with Gasteiger partial charge in [-0.3, -0.25) is 4.90 Å². The zero-order valence-corrected chi connectivity index (χ0v) is 12.2. The van der Waals surface area contributed by atoms with Crippen LogP contribution in [0.1, 0.15) is 39.5 Å². The molecule has 2 unspecified atom stereocenters. The van der Waals surface area contributed by atoms with Gasteiger partial charge in [0.05, 0.1) is 12.7 Å². The molecule has 3 nitrogen and oxygen atoms in total. The van der Waals surface area contributed by atoms with Crippen molar-refractivity contribution in [2.24, 2.45) is 0 Å². The SMILES string of the molecule is C=CCCCC(NCCC)C1CN(CC)CCO1. The zero-order valence-electron chi connectivity index (χ0n) is 12.2. The quantitative estimate of drug-likeness (QED) is 0.505. The monoisotopic (exact) mass is 254 g/mol. The van der Waals surface area contributed by atoms with Crippen LogP contribution in [0.2, 0.25) is 0 Å². The van der Waals surface area contributed by atoms with Crippen molar-refractivity contribution in [2.75, 3.05) is 32.8 Å². The maximum atomic E-state index is 5.97. The molecule has 0 saturated carbocycles. The predicted molar refractivity (Wildman–Crippen MR) is 78.0 cm³/mol. The molecule has 0 radical (unpaired) electrons. The Balaban J connectivity index is 2.42. The summed E-state index contributed by atoms with van der Waals surface area (Å²) in [5.74, 6) is 0. The summed E-state index contributed by atoms with van der Waals surface area (Å²) in [6, 6.07) is 0.499. The molecule has 0 aliphatic carbocycles. The van der Waals surface area contributed by atoms with Gasteiger partial charge in [0.15, 0.2) is 0 Å². The number of ether oxygens (including phenoxy) is 1. The first kappa shape index (κ1) is 15.7. The van der Waals surface area contributed by atoms with Gasteiger partial charge in [-0.05, 0) is 38.8 Å². The second kappa shape index (κ2) is 9.54. The lowest BCUT2D eigenvalue weighted by atomic mass is 10.0. The molecule has 0 spiro atoms. The molecule has 0 bridgehead atoms. The molecular formula is C15H30N2O. The van der Waals surface area contributed by atoms with Crippen molar-refractivity contribution in [3.8, 4) is 0 Å². The Morgan fingerprint density at radius 2 is 2.33 bits per heavy atom. The Labute approximate surface area is 113 Å². The number of rotatable bonds is 9. The number of nitrogens with zero attached hydrogens (tertiary/aromatic N) is 1. The first-order valence-electron chi connectivity index (χ1n) is 7.50. The largest absolute Gasteiger partial charge is 0.374 e. The number of hydrogen-bond donors (Lipinski definition) is 1. The van der Waals surface area contributed by atoms with Gasteiger partial charge >= 0.3 is 0 Å². The molecule has 1 aliphatic heterocycles. The third kappa shape index (κ3) is 5.51. The smallest absolute Gasteiger partial charge is 0.0855 e. The Bertz CT molecular complexity index is 221. The van der Waals surface area contributed by atoms with Gasteiger partial charge in [-0.1, -0.05) is 19.9 Å². The van der Waals surface area contributed by atoms with Crippen LogP contribution in [0.15, 0.2) is 12.7 Å². The van der Waals surface area contributed by atoms with E-state index in [1.54, 1.807) is 0 Å². The Morgan fingerprint density at radius 3 is 3.00 bits per heavy atom. The molecule has 1 fully saturated rings. The highest BCUT2D eigenvalue weighted by atomic mass is 16.5. The van der Waals surface area contributed by atoms with Crippen molar-refractivity contribution in [3.05, 3.63) is 12.7 Å². The lowest BCUT2D eigenvalue weighted by molar-refractivity contribution is -0.0463. The number of likely N-dealkylation sites (N-methyl/N-ethyl adjacent to an activating group) is 1. The molecule has 3 heteroatoms. The van der Waals surface area contributed by atoms with Gasteiger partial charge in [0.2, 0.25) is 0 Å². The number of allylic oxidation sites excluding steroid dienone is 1. The summed E-state index contributed by atoms with van der Waals surface area (Å²) in [5, 5.41) is 3.66. The molecule has 1 saturated heterocycles. The molecule has 0 aromatic carbocycles. The number of unbranched alkanes of at least 4 members (excludes halogenated alkanes) is 1. The van der Waals surface area contributed by atoms with Gasteiger partial charge in [0.1, 0.15) is 0 Å². The third-order valence-corrected chi connectivity index (χ3v) is 3.65. The van der Waals surface area contributed by atoms with Gasteiger partial charge in [-0.15, -0.1) is 6.58 Å². The minimum absolute atomic E-state index is 0.357. The van der Waals surface area contributed by atoms with Crippen LogP contribution < -0.4 is 5.32 Å². The average Bonchev–Trinajstić information content (AvgIpc) is 2.42. The van der Waals surface area contributed by atoms with Gasteiger partial charge in [-0.25, -0.2) is 0 Å². The lowest BCUT2D eigenvalue weighted by Gasteiger charge is -2.37. The van der Waals surface area contributed by atoms with Gasteiger partial charge in [0.25, 0.3) is 0 Å². The van der Waals surface area contributed by atoms with Crippen LogP contribution in [0.4, 0.5) is 0 Å². The fourth-order valence-corrected chi connectivity index (χ4v) is 2.49. The molecule has 2 atom stereocenters. The van der Waals surface area contributed by atoms with E-state index in [4.69, 9.17) is 4.74 Å². The average molecular weight is 254 g/mol. The highest BCUT2D eigenvalue weighted by Crippen LogP contribution is 2.14. The van der Waals surface area contributed by atoms with Crippen molar-refractivity contribution < 1.29 is 4.74 Å². The number of nitrogens with one attached hydrogen (secondary N) is 1. The first-order valence-corrected chi connectivity index (χ1v) is 7.50. The summed E-state index contributed by atoms with van der Waals surface area (Å²) in [4.78, 5) is 2.49. The normalized spacial score (nSPS) is 22.9. The molecule has 1 aliphatic rings. The van der Waals surface area contributed by atoms with Crippen molar-refractivity contribution in [2.45, 2.75) is 51.7 Å². The summed E-state index contributed by atoms with van der Waals surface area (Å²) in [6.45, 7) is 13.5. The Hall–Kier alpha value is -0.380. The minimum atomic E-state index is 0.357. The van der Waals surface area contributed by atoms with E-state index in [0.29, 0.717) is 12.1 Å². The van der Waals surface area contributed by atoms with Gasteiger partial charge in [0, 0.05) is 19.1 Å². The maximum absolute atomic E-state index is 5.97. The number of morpholine rings is 1. The maximum Gasteiger partial charge on any atom is 0.0855 e. The topological polar surface area (TPSA) is 24.5 Å². The van der Waals surface area contributed by atoms with E-state index in [-0.39, 0.29) is 0 Å². The molecule has 0 aromatic rings. The van der Waals surface area contributed by atoms with Crippen molar-refractivity contribution in [1.29, 1.82) is 0 Å². The summed E-state index contributed by atoms with van der Waals surface area (Å²) in [5.41, 5.74) is 0. The molecule has 1 N–H and O–H groups in total. The molecule has 0 amide bonds. The fraction of sp³-hybridized carbons (Fsp3) is 0.867. The minimum Gasteiger partial charge on any atom is -0.374 e. The van der Waals surface area contributed by atoms with E-state index in [2.05, 4.69) is 30.6 Å². The highest BCUT2D eigenvalue weighted by Gasteiger charge is 2.26. The van der Waals surface area contributed by atoms with E-state index < -0.39 is 0 Å². The molecule has 0 aromatic heterocycles. The van der Waals surface area contributed by atoms with E-state index in [1.165, 1.54) is 19.3 Å². The molecule has 1 heterocycles. The Morgan fingerprint density at radius 1 is 1.50 bits per heavy atom. The molecule has 1 rings (SSSR count). The van der Waals surface area contributed by atoms with Gasteiger partial charge in [-0.2, -0.15) is 0 Å². The zero-order chi connectivity index (χ0) is 13.2. The standard InChI is InChI=1S/C15H30N2O/c1-4-7-8-9-14(16-10-5-2)15-13-17(6-3)11-12-18-15/h4,14-16H,1,5-13H2,2-3H3. The third-order valence-electron chi connectivity index (χ3n) is 3.65. The Kier molecular flexibility index (Phi) is 8.31. The second-order valence-corrected chi connectivity index (χ2v) is 5.08.